The van der Waals surface area contributed by atoms with Gasteiger partial charge in [-0.3, -0.25) is 4.79 Å². The van der Waals surface area contributed by atoms with Gasteiger partial charge in [-0.05, 0) is 53.9 Å². The highest BCUT2D eigenvalue weighted by molar-refractivity contribution is 5.84. The number of likely N-dealkylation sites (tertiary alicyclic amines) is 1. The van der Waals surface area contributed by atoms with Crippen molar-refractivity contribution in [3.8, 4) is 0 Å². The molecule has 1 N–H and O–H groups in total. The number of hydrogen-bond acceptors (Lipinski definition) is 1. The summed E-state index contributed by atoms with van der Waals surface area (Å²) in [4.78, 5) is 17.8. The average Bonchev–Trinajstić information content (AvgIpc) is 2.97. The molecule has 3 nitrogen and oxygen atoms in total. The fraction of sp³-hybridized carbons (Fsp3) is 0.571. The van der Waals surface area contributed by atoms with Gasteiger partial charge in [0.1, 0.15) is 5.82 Å². The van der Waals surface area contributed by atoms with Crippen LogP contribution in [0.15, 0.2) is 24.4 Å². The molecule has 2 heterocycles. The molecule has 1 aliphatic rings. The maximum Gasteiger partial charge on any atom is 0.222 e. The highest BCUT2D eigenvalue weighted by atomic mass is 19.1. The molecule has 1 atom stereocenters. The number of carbonyl (C=O) groups is 1. The minimum atomic E-state index is -0.214. The molecule has 1 fully saturated rings. The summed E-state index contributed by atoms with van der Waals surface area (Å²) in [6, 6.07) is 4.93. The summed E-state index contributed by atoms with van der Waals surface area (Å²) in [5.74, 6) is 0.876. The van der Waals surface area contributed by atoms with Crippen LogP contribution in [0.3, 0.4) is 0 Å². The van der Waals surface area contributed by atoms with Gasteiger partial charge in [0.2, 0.25) is 5.91 Å². The van der Waals surface area contributed by atoms with E-state index >= 15 is 0 Å². The van der Waals surface area contributed by atoms with E-state index in [4.69, 9.17) is 0 Å². The maximum absolute atomic E-state index is 13.4. The number of benzene rings is 1. The lowest BCUT2D eigenvalue weighted by Gasteiger charge is -2.34. The molecule has 1 saturated heterocycles. The van der Waals surface area contributed by atoms with Crippen molar-refractivity contribution in [3.05, 3.63) is 35.8 Å². The van der Waals surface area contributed by atoms with Gasteiger partial charge in [-0.15, -0.1) is 0 Å². The molecule has 0 saturated carbocycles. The second-order valence-electron chi connectivity index (χ2n) is 8.56. The molecule has 3 rings (SSSR count). The van der Waals surface area contributed by atoms with Gasteiger partial charge in [0.15, 0.2) is 0 Å². The lowest BCUT2D eigenvalue weighted by molar-refractivity contribution is -0.134. The van der Waals surface area contributed by atoms with E-state index in [9.17, 15) is 9.18 Å². The number of nitrogens with zero attached hydrogens (tertiary/aromatic N) is 1. The first-order valence-corrected chi connectivity index (χ1v) is 9.30. The lowest BCUT2D eigenvalue weighted by atomic mass is 9.79. The standard InChI is InChI=1S/C21H29FN2O/c1-14(21(2,3)4)11-20(25)24-9-7-15(8-10-24)18-13-23-19-12-16(22)5-6-17(18)19/h5-6,12-15,23H,7-11H2,1-4H3. The molecule has 2 aromatic rings. The highest BCUT2D eigenvalue weighted by Gasteiger charge is 2.28. The van der Waals surface area contributed by atoms with Crippen molar-refractivity contribution in [1.82, 2.24) is 9.88 Å². The molecular weight excluding hydrogens is 315 g/mol. The van der Waals surface area contributed by atoms with Crippen molar-refractivity contribution in [2.45, 2.75) is 52.9 Å². The number of aromatic amines is 1. The van der Waals surface area contributed by atoms with Gasteiger partial charge in [0.05, 0.1) is 0 Å². The Morgan fingerprint density at radius 3 is 2.64 bits per heavy atom. The number of nitrogens with one attached hydrogen (secondary N) is 1. The number of hydrogen-bond donors (Lipinski definition) is 1. The summed E-state index contributed by atoms with van der Waals surface area (Å²) in [5, 5.41) is 1.10. The van der Waals surface area contributed by atoms with E-state index in [-0.39, 0.29) is 17.1 Å². The molecule has 0 spiro atoms. The van der Waals surface area contributed by atoms with E-state index in [1.807, 2.05) is 17.2 Å². The predicted molar refractivity (Wildman–Crippen MR) is 100 cm³/mol. The third kappa shape index (κ3) is 3.88. The van der Waals surface area contributed by atoms with Crippen molar-refractivity contribution in [2.24, 2.45) is 11.3 Å². The molecule has 1 aromatic carbocycles. The molecule has 0 aliphatic carbocycles. The van der Waals surface area contributed by atoms with Crippen LogP contribution >= 0.6 is 0 Å². The quantitative estimate of drug-likeness (QED) is 0.827. The predicted octanol–water partition coefficient (Wildman–Crippen LogP) is 5.09. The number of fused-ring (bicyclic) bond motifs is 1. The summed E-state index contributed by atoms with van der Waals surface area (Å²) in [7, 11) is 0. The zero-order valence-electron chi connectivity index (χ0n) is 15.7. The van der Waals surface area contributed by atoms with E-state index in [2.05, 4.69) is 32.7 Å². The van der Waals surface area contributed by atoms with Gasteiger partial charge in [-0.25, -0.2) is 4.39 Å². The molecule has 0 radical (unpaired) electrons. The van der Waals surface area contributed by atoms with E-state index in [1.165, 1.54) is 11.6 Å². The van der Waals surface area contributed by atoms with Crippen LogP contribution in [0.1, 0.15) is 58.4 Å². The van der Waals surface area contributed by atoms with Crippen LogP contribution in [0.4, 0.5) is 4.39 Å². The number of amides is 1. The Balaban J connectivity index is 1.62. The first-order chi connectivity index (χ1) is 11.8. The summed E-state index contributed by atoms with van der Waals surface area (Å²) in [6.07, 6.45) is 4.58. The average molecular weight is 344 g/mol. The largest absolute Gasteiger partial charge is 0.361 e. The highest BCUT2D eigenvalue weighted by Crippen LogP contribution is 2.34. The van der Waals surface area contributed by atoms with Crippen molar-refractivity contribution in [1.29, 1.82) is 0 Å². The maximum atomic E-state index is 13.4. The fourth-order valence-corrected chi connectivity index (χ4v) is 3.60. The van der Waals surface area contributed by atoms with Crippen LogP contribution < -0.4 is 0 Å². The minimum absolute atomic E-state index is 0.160. The van der Waals surface area contributed by atoms with E-state index in [0.29, 0.717) is 18.3 Å². The Morgan fingerprint density at radius 2 is 2.00 bits per heavy atom. The Morgan fingerprint density at radius 1 is 1.32 bits per heavy atom. The SMILES string of the molecule is CC(CC(=O)N1CCC(c2c[nH]c3cc(F)ccc23)CC1)C(C)(C)C. The molecule has 136 valence electrons. The number of halogens is 1. The van der Waals surface area contributed by atoms with Crippen molar-refractivity contribution < 1.29 is 9.18 Å². The van der Waals surface area contributed by atoms with Gasteiger partial charge in [0, 0.05) is 36.6 Å². The summed E-state index contributed by atoms with van der Waals surface area (Å²) >= 11 is 0. The molecule has 0 bridgehead atoms. The van der Waals surface area contributed by atoms with Crippen LogP contribution in [0, 0.1) is 17.2 Å². The van der Waals surface area contributed by atoms with Gasteiger partial charge in [-0.1, -0.05) is 27.7 Å². The van der Waals surface area contributed by atoms with E-state index in [1.54, 1.807) is 6.07 Å². The van der Waals surface area contributed by atoms with Crippen molar-refractivity contribution >= 4 is 16.8 Å². The molecule has 1 unspecified atom stereocenters. The van der Waals surface area contributed by atoms with Gasteiger partial charge >= 0.3 is 0 Å². The third-order valence-electron chi connectivity index (χ3n) is 5.92. The number of H-pyrrole nitrogens is 1. The van der Waals surface area contributed by atoms with E-state index < -0.39 is 0 Å². The molecule has 1 aromatic heterocycles. The molecule has 1 amide bonds. The molecule has 1 aliphatic heterocycles. The zero-order valence-corrected chi connectivity index (χ0v) is 15.7. The number of carbonyl (C=O) groups excluding carboxylic acids is 1. The van der Waals surface area contributed by atoms with Crippen molar-refractivity contribution in [3.63, 3.8) is 0 Å². The molecule has 4 heteroatoms. The number of piperidine rings is 1. The fourth-order valence-electron chi connectivity index (χ4n) is 3.60. The zero-order chi connectivity index (χ0) is 18.2. The second kappa shape index (κ2) is 6.81. The summed E-state index contributed by atoms with van der Waals surface area (Å²) in [5.41, 5.74) is 2.27. The van der Waals surface area contributed by atoms with Gasteiger partial charge < -0.3 is 9.88 Å². The minimum Gasteiger partial charge on any atom is -0.361 e. The third-order valence-corrected chi connectivity index (χ3v) is 5.92. The number of aromatic nitrogens is 1. The van der Waals surface area contributed by atoms with Gasteiger partial charge in [-0.2, -0.15) is 0 Å². The number of rotatable bonds is 3. The van der Waals surface area contributed by atoms with E-state index in [0.717, 1.165) is 36.8 Å². The van der Waals surface area contributed by atoms with Crippen LogP contribution in [-0.4, -0.2) is 28.9 Å². The first kappa shape index (κ1) is 18.0. The topological polar surface area (TPSA) is 36.1 Å². The second-order valence-corrected chi connectivity index (χ2v) is 8.56. The van der Waals surface area contributed by atoms with Crippen LogP contribution in [0.2, 0.25) is 0 Å². The Labute approximate surface area is 149 Å². The first-order valence-electron chi connectivity index (χ1n) is 9.30. The monoisotopic (exact) mass is 344 g/mol. The molecular formula is C21H29FN2O. The van der Waals surface area contributed by atoms with Crippen molar-refractivity contribution in [2.75, 3.05) is 13.1 Å². The molecule has 25 heavy (non-hydrogen) atoms. The Bertz CT molecular complexity index is 751. The van der Waals surface area contributed by atoms with Crippen LogP contribution in [0.5, 0.6) is 0 Å². The smallest absolute Gasteiger partial charge is 0.222 e. The summed E-state index contributed by atoms with van der Waals surface area (Å²) in [6.45, 7) is 10.4. The lowest BCUT2D eigenvalue weighted by Crippen LogP contribution is -2.39. The Kier molecular flexibility index (Phi) is 4.90. The van der Waals surface area contributed by atoms with Gasteiger partial charge in [0.25, 0.3) is 0 Å². The summed E-state index contributed by atoms with van der Waals surface area (Å²) < 4.78 is 13.4. The van der Waals surface area contributed by atoms with Crippen LogP contribution in [-0.2, 0) is 4.79 Å². The normalized spacial score (nSPS) is 17.9. The van der Waals surface area contributed by atoms with Crippen LogP contribution in [0.25, 0.3) is 10.9 Å². The Hall–Kier alpha value is -1.84.